The third-order valence-electron chi connectivity index (χ3n) is 4.46. The van der Waals surface area contributed by atoms with Crippen LogP contribution >= 0.6 is 0 Å². The van der Waals surface area contributed by atoms with Crippen LogP contribution in [-0.4, -0.2) is 123 Å². The van der Waals surface area contributed by atoms with Crippen LogP contribution in [0, 0.1) is 0 Å². The number of nitrogens with one attached hydrogen (secondary N) is 1. The topological polar surface area (TPSA) is 127 Å². The second-order valence-corrected chi connectivity index (χ2v) is 6.86. The van der Waals surface area contributed by atoms with Gasteiger partial charge >= 0.3 is 71.1 Å². The summed E-state index contributed by atoms with van der Waals surface area (Å²) in [5.74, 6) is -3.20. The van der Waals surface area contributed by atoms with Crippen LogP contribution in [0.1, 0.15) is 78.1 Å². The van der Waals surface area contributed by atoms with Gasteiger partial charge in [-0.3, -0.25) is 10.1 Å². The Kier molecular flexibility index (Phi) is 25.2. The summed E-state index contributed by atoms with van der Waals surface area (Å²) >= 11 is 0. The Morgan fingerprint density at radius 1 is 0.862 bits per heavy atom. The number of carboxylic acid groups (broad SMARTS) is 2. The fraction of sp³-hybridized carbons (Fsp3) is 0.842. The van der Waals surface area contributed by atoms with Gasteiger partial charge < -0.3 is 20.2 Å². The summed E-state index contributed by atoms with van der Waals surface area (Å²) in [6, 6.07) is -1.73. The third-order valence-corrected chi connectivity index (χ3v) is 4.46. The molecule has 0 heterocycles. The Morgan fingerprint density at radius 2 is 1.31 bits per heavy atom. The Balaban J connectivity index is -0.00000338. The summed E-state index contributed by atoms with van der Waals surface area (Å²) in [7, 11) is 0. The van der Waals surface area contributed by atoms with Crippen molar-refractivity contribution in [2.45, 2.75) is 90.3 Å². The van der Waals surface area contributed by atoms with Gasteiger partial charge in [0.05, 0.1) is 0 Å². The zero-order valence-corrected chi connectivity index (χ0v) is 16.7. The number of amides is 1. The molecule has 0 fully saturated rings. The number of hydrogen-bond donors (Lipinski definition) is 4. The number of aliphatic carboxylic acids is 2. The summed E-state index contributed by atoms with van der Waals surface area (Å²) in [6.45, 7) is 3.67. The van der Waals surface area contributed by atoms with Crippen molar-refractivity contribution in [1.82, 2.24) is 10.2 Å². The number of hydrogen-bond acceptors (Lipinski definition) is 5. The van der Waals surface area contributed by atoms with Crippen LogP contribution in [0.2, 0.25) is 0 Å². The van der Waals surface area contributed by atoms with Crippen molar-refractivity contribution in [3.05, 3.63) is 0 Å². The second kappa shape index (κ2) is 21.6. The maximum atomic E-state index is 12.2. The summed E-state index contributed by atoms with van der Waals surface area (Å²) in [5.41, 5.74) is 0. The van der Waals surface area contributed by atoms with Crippen LogP contribution < -0.4 is 5.32 Å². The minimum absolute atomic E-state index is 0. The van der Waals surface area contributed by atoms with Gasteiger partial charge in [-0.25, -0.2) is 9.59 Å². The van der Waals surface area contributed by atoms with Crippen LogP contribution in [0.15, 0.2) is 0 Å². The Labute approximate surface area is 218 Å². The molecule has 0 aliphatic rings. The van der Waals surface area contributed by atoms with Gasteiger partial charge in [0, 0.05) is 19.5 Å². The van der Waals surface area contributed by atoms with Crippen LogP contribution in [0.3, 0.4) is 0 Å². The van der Waals surface area contributed by atoms with E-state index in [1.807, 2.05) is 0 Å². The summed E-state index contributed by atoms with van der Waals surface area (Å²) in [5, 5.41) is 29.7. The minimum atomic E-state index is -1.73. The van der Waals surface area contributed by atoms with Crippen molar-refractivity contribution in [2.75, 3.05) is 13.1 Å². The van der Waals surface area contributed by atoms with E-state index in [1.54, 1.807) is 0 Å². The molecule has 0 radical (unpaired) electrons. The number of nitrogens with zero attached hydrogens (tertiary/aromatic N) is 1. The van der Waals surface area contributed by atoms with Crippen molar-refractivity contribution in [1.29, 1.82) is 0 Å². The van der Waals surface area contributed by atoms with Gasteiger partial charge in [-0.2, -0.15) is 0 Å². The summed E-state index contributed by atoms with van der Waals surface area (Å²) < 4.78 is 0. The van der Waals surface area contributed by atoms with E-state index in [4.69, 9.17) is 10.2 Å². The number of carboxylic acids is 2. The Morgan fingerprint density at radius 3 is 1.72 bits per heavy atom. The number of carbonyl (C=O) groups is 3. The van der Waals surface area contributed by atoms with Gasteiger partial charge in [0.15, 0.2) is 0 Å². The normalized spacial score (nSPS) is 11.3. The van der Waals surface area contributed by atoms with E-state index >= 15 is 0 Å². The van der Waals surface area contributed by atoms with Gasteiger partial charge in [-0.1, -0.05) is 58.3 Å². The molecular weight excluding hydrogens is 398 g/mol. The average molecular weight is 437 g/mol. The maximum absolute atomic E-state index is 12.2. The van der Waals surface area contributed by atoms with Crippen LogP contribution in [0.4, 0.5) is 0 Å². The predicted octanol–water partition coefficient (Wildman–Crippen LogP) is 0.905. The molecule has 1 unspecified atom stereocenters. The van der Waals surface area contributed by atoms with E-state index in [2.05, 4.69) is 12.2 Å². The molecule has 162 valence electrons. The van der Waals surface area contributed by atoms with Gasteiger partial charge in [0.1, 0.15) is 6.23 Å². The van der Waals surface area contributed by atoms with E-state index in [0.29, 0.717) is 6.42 Å². The van der Waals surface area contributed by atoms with Crippen LogP contribution in [-0.2, 0) is 14.4 Å². The predicted molar refractivity (Wildman–Crippen MR) is 117 cm³/mol. The van der Waals surface area contributed by atoms with Gasteiger partial charge in [0.2, 0.25) is 11.9 Å². The molecule has 29 heavy (non-hydrogen) atoms. The molecule has 0 spiro atoms. The molecule has 0 aromatic heterocycles. The first kappa shape index (κ1) is 34.0. The SMILES string of the molecule is CCCCCCCCCCCC(=O)N(CCNC(C(=O)O)C(=O)O)C(C)O.[NaH].[NaH]. The zero-order chi connectivity index (χ0) is 20.7. The average Bonchev–Trinajstić information content (AvgIpc) is 2.59. The van der Waals surface area contributed by atoms with Crippen molar-refractivity contribution >= 4 is 77.0 Å². The molecule has 10 heteroatoms. The van der Waals surface area contributed by atoms with Crippen LogP contribution in [0.5, 0.6) is 0 Å². The molecule has 0 aromatic carbocycles. The van der Waals surface area contributed by atoms with E-state index in [1.165, 1.54) is 50.3 Å². The monoisotopic (exact) mass is 436 g/mol. The standard InChI is InChI=1S/C19H36N2O6.2Na.2H/c1-3-4-5-6-7-8-9-10-11-12-16(23)21(15(2)22)14-13-20-17(18(24)25)19(26)27;;;;/h15,17,20,22H,3-14H2,1-2H3,(H,24,25)(H,26,27);;;;. The molecule has 0 aliphatic carbocycles. The number of unbranched alkanes of at least 4 members (excludes halogenated alkanes) is 8. The molecule has 8 nitrogen and oxygen atoms in total. The summed E-state index contributed by atoms with van der Waals surface area (Å²) in [6.07, 6.45) is 9.61. The third kappa shape index (κ3) is 17.7. The fourth-order valence-corrected chi connectivity index (χ4v) is 2.86. The quantitative estimate of drug-likeness (QED) is 0.115. The Bertz CT molecular complexity index is 438. The van der Waals surface area contributed by atoms with E-state index in [9.17, 15) is 19.5 Å². The molecule has 4 N–H and O–H groups in total. The Hall–Kier alpha value is 0.330. The van der Waals surface area contributed by atoms with E-state index in [-0.39, 0.29) is 78.1 Å². The molecule has 0 saturated heterocycles. The number of aliphatic hydroxyl groups is 1. The first-order chi connectivity index (χ1) is 12.8. The van der Waals surface area contributed by atoms with Crippen molar-refractivity contribution in [3.8, 4) is 0 Å². The van der Waals surface area contributed by atoms with E-state index < -0.39 is 24.2 Å². The van der Waals surface area contributed by atoms with Crippen molar-refractivity contribution in [2.24, 2.45) is 0 Å². The fourth-order valence-electron chi connectivity index (χ4n) is 2.86. The zero-order valence-electron chi connectivity index (χ0n) is 16.7. The number of aliphatic hydroxyl groups excluding tert-OH is 1. The number of rotatable bonds is 17. The first-order valence-corrected chi connectivity index (χ1v) is 9.97. The van der Waals surface area contributed by atoms with Gasteiger partial charge in [0.25, 0.3) is 0 Å². The molecule has 0 bridgehead atoms. The number of carbonyl (C=O) groups excluding carboxylic acids is 1. The molecule has 1 amide bonds. The molecule has 0 aromatic rings. The first-order valence-electron chi connectivity index (χ1n) is 9.97. The molecule has 0 saturated carbocycles. The molecule has 0 aliphatic heterocycles. The van der Waals surface area contributed by atoms with E-state index in [0.717, 1.165) is 19.3 Å². The molecule has 1 atom stereocenters. The molecular formula is C19H38N2Na2O6. The van der Waals surface area contributed by atoms with Gasteiger partial charge in [-0.05, 0) is 13.3 Å². The molecule has 0 rings (SSSR count). The second-order valence-electron chi connectivity index (χ2n) is 6.86. The van der Waals surface area contributed by atoms with Gasteiger partial charge in [-0.15, -0.1) is 0 Å². The summed E-state index contributed by atoms with van der Waals surface area (Å²) in [4.78, 5) is 35.1. The van der Waals surface area contributed by atoms with Crippen LogP contribution in [0.25, 0.3) is 0 Å². The van der Waals surface area contributed by atoms with Crippen molar-refractivity contribution < 1.29 is 29.7 Å². The van der Waals surface area contributed by atoms with Crippen molar-refractivity contribution in [3.63, 3.8) is 0 Å².